The summed E-state index contributed by atoms with van der Waals surface area (Å²) < 4.78 is 13.1. The standard InChI is InChI=1S/C20H19FN4O/c21-17-5-3-14(4-6-17)18-12-19(24-23-18)16-2-1-11-25(13-16)20(26)15-7-9-22-10-8-15/h3-10,12,16H,1-2,11,13H2,(H,23,24)/t16-/m0/s1. The Morgan fingerprint density at radius 3 is 2.69 bits per heavy atom. The fourth-order valence-corrected chi connectivity index (χ4v) is 3.41. The molecule has 1 fully saturated rings. The highest BCUT2D eigenvalue weighted by Gasteiger charge is 2.26. The van der Waals surface area contributed by atoms with Gasteiger partial charge in [0.15, 0.2) is 0 Å². The van der Waals surface area contributed by atoms with Crippen molar-refractivity contribution in [2.75, 3.05) is 13.1 Å². The number of aromatic nitrogens is 3. The summed E-state index contributed by atoms with van der Waals surface area (Å²) >= 11 is 0. The number of benzene rings is 1. The number of hydrogen-bond acceptors (Lipinski definition) is 3. The van der Waals surface area contributed by atoms with Gasteiger partial charge in [0.1, 0.15) is 5.82 Å². The van der Waals surface area contributed by atoms with Crippen LogP contribution in [0.4, 0.5) is 4.39 Å². The van der Waals surface area contributed by atoms with Crippen molar-refractivity contribution in [3.63, 3.8) is 0 Å². The number of rotatable bonds is 3. The number of piperidine rings is 1. The van der Waals surface area contributed by atoms with Gasteiger partial charge in [0.2, 0.25) is 0 Å². The second kappa shape index (κ2) is 7.07. The van der Waals surface area contributed by atoms with Crippen molar-refractivity contribution in [1.29, 1.82) is 0 Å². The van der Waals surface area contributed by atoms with Crippen molar-refractivity contribution in [1.82, 2.24) is 20.1 Å². The van der Waals surface area contributed by atoms with Crippen molar-refractivity contribution in [3.05, 3.63) is 71.9 Å². The molecule has 1 saturated heterocycles. The second-order valence-electron chi connectivity index (χ2n) is 6.54. The van der Waals surface area contributed by atoms with E-state index in [1.165, 1.54) is 12.1 Å². The number of aromatic amines is 1. The number of halogens is 1. The van der Waals surface area contributed by atoms with Gasteiger partial charge in [0.05, 0.1) is 5.69 Å². The van der Waals surface area contributed by atoms with Crippen LogP contribution in [0.5, 0.6) is 0 Å². The van der Waals surface area contributed by atoms with Gasteiger partial charge in [-0.15, -0.1) is 0 Å². The Morgan fingerprint density at radius 1 is 1.15 bits per heavy atom. The molecule has 5 nitrogen and oxygen atoms in total. The summed E-state index contributed by atoms with van der Waals surface area (Å²) in [5, 5.41) is 7.46. The molecule has 0 spiro atoms. The third kappa shape index (κ3) is 3.35. The number of likely N-dealkylation sites (tertiary alicyclic amines) is 1. The Kier molecular flexibility index (Phi) is 4.48. The molecule has 1 aromatic carbocycles. The van der Waals surface area contributed by atoms with Gasteiger partial charge in [0, 0.05) is 48.2 Å². The zero-order valence-corrected chi connectivity index (χ0v) is 14.2. The summed E-state index contributed by atoms with van der Waals surface area (Å²) in [4.78, 5) is 18.5. The highest BCUT2D eigenvalue weighted by molar-refractivity contribution is 5.94. The number of carbonyl (C=O) groups is 1. The smallest absolute Gasteiger partial charge is 0.253 e. The fourth-order valence-electron chi connectivity index (χ4n) is 3.41. The Labute approximate surface area is 150 Å². The lowest BCUT2D eigenvalue weighted by molar-refractivity contribution is 0.0705. The first-order valence-corrected chi connectivity index (χ1v) is 8.71. The number of amides is 1. The normalized spacial score (nSPS) is 17.3. The lowest BCUT2D eigenvalue weighted by Gasteiger charge is -2.32. The van der Waals surface area contributed by atoms with Crippen molar-refractivity contribution < 1.29 is 9.18 Å². The Bertz CT molecular complexity index is 892. The number of carbonyl (C=O) groups excluding carboxylic acids is 1. The van der Waals surface area contributed by atoms with E-state index in [1.807, 2.05) is 11.0 Å². The Balaban J connectivity index is 1.50. The highest BCUT2D eigenvalue weighted by Crippen LogP contribution is 2.29. The maximum Gasteiger partial charge on any atom is 0.253 e. The second-order valence-corrected chi connectivity index (χ2v) is 6.54. The van der Waals surface area contributed by atoms with Gasteiger partial charge in [-0.05, 0) is 55.3 Å². The third-order valence-electron chi connectivity index (χ3n) is 4.81. The van der Waals surface area contributed by atoms with E-state index in [1.54, 1.807) is 36.7 Å². The molecular weight excluding hydrogens is 331 g/mol. The number of H-pyrrole nitrogens is 1. The molecule has 3 aromatic rings. The number of nitrogens with one attached hydrogen (secondary N) is 1. The fraction of sp³-hybridized carbons (Fsp3) is 0.250. The number of nitrogens with zero attached hydrogens (tertiary/aromatic N) is 3. The largest absolute Gasteiger partial charge is 0.338 e. The van der Waals surface area contributed by atoms with Crippen LogP contribution < -0.4 is 0 Å². The topological polar surface area (TPSA) is 61.9 Å². The maximum atomic E-state index is 13.1. The quantitative estimate of drug-likeness (QED) is 0.785. The summed E-state index contributed by atoms with van der Waals surface area (Å²) in [5.74, 6) is -0.00587. The molecular formula is C20H19FN4O. The Hall–Kier alpha value is -3.02. The SMILES string of the molecule is O=C(c1ccncc1)N1CCC[C@H](c2cc(-c3ccc(F)cc3)n[nH]2)C1. The van der Waals surface area contributed by atoms with Crippen LogP contribution >= 0.6 is 0 Å². The molecule has 0 radical (unpaired) electrons. The van der Waals surface area contributed by atoms with Crippen molar-refractivity contribution in [3.8, 4) is 11.3 Å². The molecule has 132 valence electrons. The molecule has 1 aliphatic rings. The van der Waals surface area contributed by atoms with E-state index in [-0.39, 0.29) is 17.6 Å². The first-order chi connectivity index (χ1) is 12.7. The van der Waals surface area contributed by atoms with Crippen molar-refractivity contribution >= 4 is 5.91 Å². The van der Waals surface area contributed by atoms with Gasteiger partial charge >= 0.3 is 0 Å². The van der Waals surface area contributed by atoms with Crippen LogP contribution in [-0.4, -0.2) is 39.1 Å². The van der Waals surface area contributed by atoms with Gasteiger partial charge in [-0.25, -0.2) is 4.39 Å². The van der Waals surface area contributed by atoms with Crippen LogP contribution in [0.2, 0.25) is 0 Å². The minimum atomic E-state index is -0.262. The summed E-state index contributed by atoms with van der Waals surface area (Å²) in [5.41, 5.74) is 3.33. The van der Waals surface area contributed by atoms with Gasteiger partial charge in [-0.2, -0.15) is 5.10 Å². The zero-order valence-electron chi connectivity index (χ0n) is 14.2. The van der Waals surface area contributed by atoms with Crippen molar-refractivity contribution in [2.45, 2.75) is 18.8 Å². The molecule has 4 rings (SSSR count). The van der Waals surface area contributed by atoms with Crippen LogP contribution in [0.3, 0.4) is 0 Å². The summed E-state index contributed by atoms with van der Waals surface area (Å²) in [7, 11) is 0. The molecule has 1 amide bonds. The van der Waals surface area contributed by atoms with Gasteiger partial charge in [-0.3, -0.25) is 14.9 Å². The zero-order chi connectivity index (χ0) is 17.9. The van der Waals surface area contributed by atoms with E-state index in [0.717, 1.165) is 36.3 Å². The maximum absolute atomic E-state index is 13.1. The summed E-state index contributed by atoms with van der Waals surface area (Å²) in [6, 6.07) is 11.8. The van der Waals surface area contributed by atoms with E-state index in [9.17, 15) is 9.18 Å². The Morgan fingerprint density at radius 2 is 1.92 bits per heavy atom. The van der Waals surface area contributed by atoms with Crippen molar-refractivity contribution in [2.24, 2.45) is 0 Å². The summed E-state index contributed by atoms with van der Waals surface area (Å²) in [6.45, 7) is 1.42. The molecule has 2 aromatic heterocycles. The average molecular weight is 350 g/mol. The average Bonchev–Trinajstić information content (AvgIpc) is 3.19. The van der Waals surface area contributed by atoms with E-state index < -0.39 is 0 Å². The predicted octanol–water partition coefficient (Wildman–Crippen LogP) is 3.63. The minimum Gasteiger partial charge on any atom is -0.338 e. The van der Waals surface area contributed by atoms with Crippen LogP contribution in [-0.2, 0) is 0 Å². The molecule has 1 atom stereocenters. The summed E-state index contributed by atoms with van der Waals surface area (Å²) in [6.07, 6.45) is 5.23. The van der Waals surface area contributed by atoms with E-state index in [2.05, 4.69) is 15.2 Å². The van der Waals surface area contributed by atoms with Crippen LogP contribution in [0.15, 0.2) is 54.9 Å². The predicted molar refractivity (Wildman–Crippen MR) is 96.1 cm³/mol. The molecule has 1 N–H and O–H groups in total. The highest BCUT2D eigenvalue weighted by atomic mass is 19.1. The molecule has 6 heteroatoms. The molecule has 26 heavy (non-hydrogen) atoms. The molecule has 0 unspecified atom stereocenters. The van der Waals surface area contributed by atoms with Crippen LogP contribution in [0.25, 0.3) is 11.3 Å². The van der Waals surface area contributed by atoms with E-state index in [0.29, 0.717) is 12.1 Å². The third-order valence-corrected chi connectivity index (χ3v) is 4.81. The molecule has 0 aliphatic carbocycles. The molecule has 0 bridgehead atoms. The van der Waals surface area contributed by atoms with Gasteiger partial charge in [-0.1, -0.05) is 0 Å². The first-order valence-electron chi connectivity index (χ1n) is 8.71. The molecule has 3 heterocycles. The lowest BCUT2D eigenvalue weighted by atomic mass is 9.94. The van der Waals surface area contributed by atoms with Crippen LogP contribution in [0, 0.1) is 5.82 Å². The van der Waals surface area contributed by atoms with Gasteiger partial charge < -0.3 is 4.90 Å². The van der Waals surface area contributed by atoms with E-state index >= 15 is 0 Å². The van der Waals surface area contributed by atoms with Crippen LogP contribution in [0.1, 0.15) is 34.8 Å². The number of pyridine rings is 1. The van der Waals surface area contributed by atoms with E-state index in [4.69, 9.17) is 0 Å². The molecule has 0 saturated carbocycles. The first kappa shape index (κ1) is 16.4. The molecule has 1 aliphatic heterocycles. The van der Waals surface area contributed by atoms with Gasteiger partial charge in [0.25, 0.3) is 5.91 Å². The number of hydrogen-bond donors (Lipinski definition) is 1. The lowest BCUT2D eigenvalue weighted by Crippen LogP contribution is -2.39. The monoisotopic (exact) mass is 350 g/mol. The minimum absolute atomic E-state index is 0.0374.